The highest BCUT2D eigenvalue weighted by atomic mass is 19.4. The minimum atomic E-state index is -4.37. The number of halogens is 3. The number of aliphatic hydroxyl groups excluding tert-OH is 1. The zero-order valence-electron chi connectivity index (χ0n) is 12.4. The summed E-state index contributed by atoms with van der Waals surface area (Å²) < 4.78 is 42.0. The molecule has 1 aliphatic rings. The van der Waals surface area contributed by atoms with Gasteiger partial charge in [-0.25, -0.2) is 0 Å². The van der Waals surface area contributed by atoms with E-state index in [1.54, 1.807) is 4.90 Å². The predicted molar refractivity (Wildman–Crippen MR) is 76.3 cm³/mol. The molecule has 1 aromatic rings. The summed E-state index contributed by atoms with van der Waals surface area (Å²) in [4.78, 5) is 13.3. The fraction of sp³-hybridized carbons (Fsp3) is 0.438. The zero-order chi connectivity index (χ0) is 17.0. The third-order valence-electron chi connectivity index (χ3n) is 3.58. The van der Waals surface area contributed by atoms with Crippen LogP contribution in [0.15, 0.2) is 24.3 Å². The van der Waals surface area contributed by atoms with E-state index in [1.165, 1.54) is 19.2 Å². The van der Waals surface area contributed by atoms with Crippen molar-refractivity contribution in [3.63, 3.8) is 0 Å². The molecule has 0 saturated carbocycles. The van der Waals surface area contributed by atoms with E-state index in [0.717, 1.165) is 12.1 Å². The van der Waals surface area contributed by atoms with Gasteiger partial charge in [0, 0.05) is 18.5 Å². The number of methoxy groups -OCH3 is 1. The number of hydrogen-bond donors (Lipinski definition) is 1. The highest BCUT2D eigenvalue weighted by molar-refractivity contribution is 5.76. The maximum Gasteiger partial charge on any atom is 0.416 e. The van der Waals surface area contributed by atoms with Crippen molar-refractivity contribution in [2.75, 3.05) is 20.2 Å². The fourth-order valence-electron chi connectivity index (χ4n) is 2.42. The second-order valence-electron chi connectivity index (χ2n) is 5.23. The molecule has 0 unspecified atom stereocenters. The monoisotopic (exact) mass is 327 g/mol. The molecule has 4 nitrogen and oxygen atoms in total. The van der Waals surface area contributed by atoms with Gasteiger partial charge < -0.3 is 9.84 Å². The Morgan fingerprint density at radius 1 is 1.39 bits per heavy atom. The predicted octanol–water partition coefficient (Wildman–Crippen LogP) is 1.67. The number of nitrogens with zero attached hydrogens (tertiary/aromatic N) is 1. The molecule has 1 N–H and O–H groups in total. The average molecular weight is 327 g/mol. The molecule has 1 heterocycles. The van der Waals surface area contributed by atoms with Gasteiger partial charge in [0.1, 0.15) is 6.04 Å². The van der Waals surface area contributed by atoms with Gasteiger partial charge in [-0.15, -0.1) is 0 Å². The first kappa shape index (κ1) is 17.3. The normalized spacial score (nSPS) is 21.6. The summed E-state index contributed by atoms with van der Waals surface area (Å²) in [7, 11) is 1.28. The van der Waals surface area contributed by atoms with Crippen molar-refractivity contribution in [2.45, 2.75) is 24.7 Å². The standard InChI is InChI=1S/C16H16F3NO3/c1-23-15(22)14-9-13(21)10-20(14)8-2-3-11-4-6-12(7-5-11)16(17,18)19/h4-7,13-14,21H,8-10H2,1H3/t13-,14+/m1/s1. The molecule has 2 rings (SSSR count). The van der Waals surface area contributed by atoms with Crippen LogP contribution in [0.2, 0.25) is 0 Å². The molecule has 1 aromatic carbocycles. The molecule has 124 valence electrons. The summed E-state index contributed by atoms with van der Waals surface area (Å²) in [6.45, 7) is 0.527. The Morgan fingerprint density at radius 3 is 2.61 bits per heavy atom. The second-order valence-corrected chi connectivity index (χ2v) is 5.23. The summed E-state index contributed by atoms with van der Waals surface area (Å²) >= 11 is 0. The number of alkyl halides is 3. The lowest BCUT2D eigenvalue weighted by molar-refractivity contribution is -0.145. The van der Waals surface area contributed by atoms with Gasteiger partial charge in [0.15, 0.2) is 0 Å². The van der Waals surface area contributed by atoms with Crippen LogP contribution >= 0.6 is 0 Å². The summed E-state index contributed by atoms with van der Waals surface area (Å²) in [5, 5.41) is 9.63. The SMILES string of the molecule is COC(=O)[C@@H]1C[C@@H](O)CN1CC#Cc1ccc(C(F)(F)F)cc1. The van der Waals surface area contributed by atoms with Gasteiger partial charge in [-0.3, -0.25) is 9.69 Å². The molecule has 1 aliphatic heterocycles. The van der Waals surface area contributed by atoms with Crippen LogP contribution in [0.25, 0.3) is 0 Å². The topological polar surface area (TPSA) is 49.8 Å². The highest BCUT2D eigenvalue weighted by Gasteiger charge is 2.36. The third-order valence-corrected chi connectivity index (χ3v) is 3.58. The van der Waals surface area contributed by atoms with Gasteiger partial charge in [-0.05, 0) is 24.3 Å². The number of β-amino-alcohol motifs (C(OH)–C–C–N with tert-alkyl or cyclic N) is 1. The van der Waals surface area contributed by atoms with Gasteiger partial charge in [-0.1, -0.05) is 11.8 Å². The van der Waals surface area contributed by atoms with E-state index >= 15 is 0 Å². The first-order valence-corrected chi connectivity index (χ1v) is 6.97. The molecule has 1 saturated heterocycles. The summed E-state index contributed by atoms with van der Waals surface area (Å²) in [6.07, 6.45) is -4.70. The Kier molecular flexibility index (Phi) is 5.29. The van der Waals surface area contributed by atoms with Crippen molar-refractivity contribution < 1.29 is 27.8 Å². The molecule has 0 radical (unpaired) electrons. The Balaban J connectivity index is 2.01. The summed E-state index contributed by atoms with van der Waals surface area (Å²) in [5.41, 5.74) is -0.274. The average Bonchev–Trinajstić information content (AvgIpc) is 2.87. The number of hydrogen-bond acceptors (Lipinski definition) is 4. The van der Waals surface area contributed by atoms with Crippen molar-refractivity contribution in [1.82, 2.24) is 4.90 Å². The first-order chi connectivity index (χ1) is 10.8. The molecular formula is C16H16F3NO3. The van der Waals surface area contributed by atoms with E-state index in [-0.39, 0.29) is 13.0 Å². The van der Waals surface area contributed by atoms with Crippen LogP contribution < -0.4 is 0 Å². The Morgan fingerprint density at radius 2 is 2.04 bits per heavy atom. The quantitative estimate of drug-likeness (QED) is 0.663. The number of rotatable bonds is 2. The summed E-state index contributed by atoms with van der Waals surface area (Å²) in [6, 6.07) is 4.00. The van der Waals surface area contributed by atoms with Crippen LogP contribution in [0.4, 0.5) is 13.2 Å². The van der Waals surface area contributed by atoms with E-state index in [1.807, 2.05) is 0 Å². The van der Waals surface area contributed by atoms with E-state index in [0.29, 0.717) is 12.1 Å². The van der Waals surface area contributed by atoms with Crippen LogP contribution in [0.3, 0.4) is 0 Å². The van der Waals surface area contributed by atoms with Crippen molar-refractivity contribution in [3.05, 3.63) is 35.4 Å². The Bertz CT molecular complexity index is 616. The third kappa shape index (κ3) is 4.47. The molecule has 0 bridgehead atoms. The van der Waals surface area contributed by atoms with Gasteiger partial charge in [-0.2, -0.15) is 13.2 Å². The van der Waals surface area contributed by atoms with Crippen molar-refractivity contribution in [1.29, 1.82) is 0 Å². The fourth-order valence-corrected chi connectivity index (χ4v) is 2.42. The van der Waals surface area contributed by atoms with Crippen LogP contribution in [0.5, 0.6) is 0 Å². The Hall–Kier alpha value is -2.04. The molecule has 0 spiro atoms. The number of benzene rings is 1. The van der Waals surface area contributed by atoms with Crippen molar-refractivity contribution in [2.24, 2.45) is 0 Å². The molecule has 23 heavy (non-hydrogen) atoms. The van der Waals surface area contributed by atoms with Crippen molar-refractivity contribution in [3.8, 4) is 11.8 Å². The molecular weight excluding hydrogens is 311 g/mol. The maximum atomic E-state index is 12.5. The number of ether oxygens (including phenoxy) is 1. The lowest BCUT2D eigenvalue weighted by Crippen LogP contribution is -2.37. The minimum Gasteiger partial charge on any atom is -0.468 e. The number of likely N-dealkylation sites (tertiary alicyclic amines) is 1. The maximum absolute atomic E-state index is 12.5. The molecule has 0 aliphatic carbocycles. The number of esters is 1. The van der Waals surface area contributed by atoms with E-state index in [2.05, 4.69) is 16.6 Å². The summed E-state index contributed by atoms with van der Waals surface area (Å²) in [5.74, 6) is 5.12. The van der Waals surface area contributed by atoms with E-state index < -0.39 is 29.9 Å². The molecule has 0 aromatic heterocycles. The molecule has 1 fully saturated rings. The van der Waals surface area contributed by atoms with E-state index in [4.69, 9.17) is 0 Å². The lowest BCUT2D eigenvalue weighted by atomic mass is 10.1. The molecule has 0 amide bonds. The highest BCUT2D eigenvalue weighted by Crippen LogP contribution is 2.28. The zero-order valence-corrected chi connectivity index (χ0v) is 12.4. The van der Waals surface area contributed by atoms with Gasteiger partial charge in [0.25, 0.3) is 0 Å². The molecule has 7 heteroatoms. The van der Waals surface area contributed by atoms with Crippen molar-refractivity contribution >= 4 is 5.97 Å². The van der Waals surface area contributed by atoms with Gasteiger partial charge in [0.05, 0.1) is 25.3 Å². The second kappa shape index (κ2) is 7.02. The lowest BCUT2D eigenvalue weighted by Gasteiger charge is -2.18. The Labute approximate surface area is 131 Å². The number of carbonyl (C=O) groups excluding carboxylic acids is 1. The van der Waals surface area contributed by atoms with Gasteiger partial charge in [0.2, 0.25) is 0 Å². The van der Waals surface area contributed by atoms with Gasteiger partial charge >= 0.3 is 12.1 Å². The number of carbonyl (C=O) groups is 1. The van der Waals surface area contributed by atoms with Crippen LogP contribution in [-0.4, -0.2) is 48.3 Å². The smallest absolute Gasteiger partial charge is 0.416 e. The largest absolute Gasteiger partial charge is 0.468 e. The number of aliphatic hydroxyl groups is 1. The molecule has 2 atom stereocenters. The van der Waals surface area contributed by atoms with Crippen LogP contribution in [-0.2, 0) is 15.7 Å². The first-order valence-electron chi connectivity index (χ1n) is 6.97. The van der Waals surface area contributed by atoms with Crippen LogP contribution in [0.1, 0.15) is 17.5 Å². The van der Waals surface area contributed by atoms with E-state index in [9.17, 15) is 23.1 Å². The minimum absolute atomic E-state index is 0.220. The van der Waals surface area contributed by atoms with Crippen LogP contribution in [0, 0.1) is 11.8 Å².